The van der Waals surface area contributed by atoms with Crippen LogP contribution in [0.1, 0.15) is 47.2 Å². The van der Waals surface area contributed by atoms with Gasteiger partial charge in [0.05, 0.1) is 7.11 Å². The van der Waals surface area contributed by atoms with Crippen LogP contribution in [0.4, 0.5) is 0 Å². The topological polar surface area (TPSA) is 80.3 Å². The minimum atomic E-state index is -0.367. The summed E-state index contributed by atoms with van der Waals surface area (Å²) in [6.07, 6.45) is 2.15. The first-order chi connectivity index (χ1) is 12.3. The smallest absolute Gasteiger partial charge is 0.270 e. The summed E-state index contributed by atoms with van der Waals surface area (Å²) in [5.74, 6) is 0.251. The van der Waals surface area contributed by atoms with Crippen LogP contribution in [-0.2, 0) is 6.42 Å². The third-order valence-electron chi connectivity index (χ3n) is 3.58. The minimum Gasteiger partial charge on any atom is -0.497 e. The van der Waals surface area contributed by atoms with Crippen molar-refractivity contribution < 1.29 is 14.3 Å². The van der Waals surface area contributed by atoms with Crippen LogP contribution in [0.2, 0.25) is 0 Å². The fourth-order valence-corrected chi connectivity index (χ4v) is 2.35. The van der Waals surface area contributed by atoms with Gasteiger partial charge in [-0.15, -0.1) is 0 Å². The highest BCUT2D eigenvalue weighted by Gasteiger charge is 2.17. The van der Waals surface area contributed by atoms with Gasteiger partial charge in [0.25, 0.3) is 11.8 Å². The van der Waals surface area contributed by atoms with Crippen LogP contribution in [0.3, 0.4) is 0 Å². The van der Waals surface area contributed by atoms with Gasteiger partial charge >= 0.3 is 0 Å². The van der Waals surface area contributed by atoms with Gasteiger partial charge in [0.2, 0.25) is 0 Å². The van der Waals surface area contributed by atoms with E-state index in [1.807, 2.05) is 45.0 Å². The number of aromatic nitrogens is 1. The Labute approximate surface area is 154 Å². The van der Waals surface area contributed by atoms with Gasteiger partial charge in [-0.2, -0.15) is 0 Å². The molecule has 0 aliphatic carbocycles. The summed E-state index contributed by atoms with van der Waals surface area (Å²) in [6.45, 7) is 6.15. The third-order valence-corrected chi connectivity index (χ3v) is 3.58. The summed E-state index contributed by atoms with van der Waals surface area (Å²) in [6, 6.07) is 10.8. The fourth-order valence-electron chi connectivity index (χ4n) is 2.35. The normalized spacial score (nSPS) is 10.9. The molecule has 2 N–H and O–H groups in total. The van der Waals surface area contributed by atoms with Crippen molar-refractivity contribution in [1.29, 1.82) is 0 Å². The van der Waals surface area contributed by atoms with E-state index in [4.69, 9.17) is 4.74 Å². The molecule has 0 saturated heterocycles. The zero-order chi connectivity index (χ0) is 19.2. The molecule has 1 heterocycles. The van der Waals surface area contributed by atoms with Crippen molar-refractivity contribution in [2.24, 2.45) is 0 Å². The SMILES string of the molecule is COc1cccc(CCNC(=O)c2ccnc(C(=O)NC(C)(C)C)c2)c1. The number of pyridine rings is 1. The number of nitrogens with zero attached hydrogens (tertiary/aromatic N) is 1. The lowest BCUT2D eigenvalue weighted by molar-refractivity contribution is 0.0914. The molecule has 2 aromatic rings. The minimum absolute atomic E-state index is 0.223. The second-order valence-corrected chi connectivity index (χ2v) is 6.99. The van der Waals surface area contributed by atoms with E-state index >= 15 is 0 Å². The molecule has 0 spiro atoms. The molecule has 138 valence electrons. The zero-order valence-electron chi connectivity index (χ0n) is 15.6. The van der Waals surface area contributed by atoms with Gasteiger partial charge in [-0.25, -0.2) is 0 Å². The van der Waals surface area contributed by atoms with E-state index < -0.39 is 0 Å². The standard InChI is InChI=1S/C20H25N3O3/c1-20(2,3)23-19(25)17-13-15(9-11-21-17)18(24)22-10-8-14-6-5-7-16(12-14)26-4/h5-7,9,11-13H,8,10H2,1-4H3,(H,22,24)(H,23,25). The van der Waals surface area contributed by atoms with Crippen molar-refractivity contribution in [2.45, 2.75) is 32.7 Å². The first-order valence-corrected chi connectivity index (χ1v) is 8.48. The van der Waals surface area contributed by atoms with Gasteiger partial charge in [0.1, 0.15) is 11.4 Å². The zero-order valence-corrected chi connectivity index (χ0v) is 15.6. The molecule has 0 fully saturated rings. The van der Waals surface area contributed by atoms with Crippen LogP contribution in [0, 0.1) is 0 Å². The fraction of sp³-hybridized carbons (Fsp3) is 0.350. The summed E-state index contributed by atoms with van der Waals surface area (Å²) >= 11 is 0. The Hall–Kier alpha value is -2.89. The highest BCUT2D eigenvalue weighted by atomic mass is 16.5. The second kappa shape index (κ2) is 8.47. The molecule has 26 heavy (non-hydrogen) atoms. The van der Waals surface area contributed by atoms with E-state index in [1.165, 1.54) is 12.3 Å². The number of carbonyl (C=O) groups excluding carboxylic acids is 2. The molecule has 0 bridgehead atoms. The van der Waals surface area contributed by atoms with Gasteiger partial charge in [-0.3, -0.25) is 14.6 Å². The summed E-state index contributed by atoms with van der Waals surface area (Å²) in [4.78, 5) is 28.5. The van der Waals surface area contributed by atoms with Crippen molar-refractivity contribution in [2.75, 3.05) is 13.7 Å². The molecule has 0 radical (unpaired) electrons. The predicted molar refractivity (Wildman–Crippen MR) is 100 cm³/mol. The molecule has 2 amide bonds. The molecule has 2 rings (SSSR count). The summed E-state index contributed by atoms with van der Waals surface area (Å²) in [5.41, 5.74) is 1.34. The predicted octanol–water partition coefficient (Wildman–Crippen LogP) is 2.59. The van der Waals surface area contributed by atoms with E-state index in [-0.39, 0.29) is 23.0 Å². The van der Waals surface area contributed by atoms with Crippen molar-refractivity contribution in [3.05, 3.63) is 59.4 Å². The van der Waals surface area contributed by atoms with Crippen molar-refractivity contribution in [1.82, 2.24) is 15.6 Å². The maximum absolute atomic E-state index is 12.3. The second-order valence-electron chi connectivity index (χ2n) is 6.99. The summed E-state index contributed by atoms with van der Waals surface area (Å²) in [5, 5.41) is 5.69. The highest BCUT2D eigenvalue weighted by molar-refractivity contribution is 5.98. The molecular weight excluding hydrogens is 330 g/mol. The average molecular weight is 355 g/mol. The van der Waals surface area contributed by atoms with Crippen molar-refractivity contribution in [3.8, 4) is 5.75 Å². The largest absolute Gasteiger partial charge is 0.497 e. The number of hydrogen-bond acceptors (Lipinski definition) is 4. The van der Waals surface area contributed by atoms with E-state index in [9.17, 15) is 9.59 Å². The van der Waals surface area contributed by atoms with Crippen LogP contribution in [0.15, 0.2) is 42.6 Å². The number of rotatable bonds is 6. The van der Waals surface area contributed by atoms with Gasteiger partial charge in [0, 0.05) is 23.8 Å². The molecule has 6 heteroatoms. The first-order valence-electron chi connectivity index (χ1n) is 8.48. The maximum atomic E-state index is 12.3. The van der Waals surface area contributed by atoms with Gasteiger partial charge < -0.3 is 15.4 Å². The Balaban J connectivity index is 1.95. The van der Waals surface area contributed by atoms with Crippen LogP contribution in [0.25, 0.3) is 0 Å². The first kappa shape index (κ1) is 19.4. The molecular formula is C20H25N3O3. The van der Waals surface area contributed by atoms with Gasteiger partial charge in [-0.05, 0) is 57.0 Å². The Morgan fingerprint density at radius 2 is 1.88 bits per heavy atom. The van der Waals surface area contributed by atoms with Crippen molar-refractivity contribution >= 4 is 11.8 Å². The molecule has 0 aliphatic heterocycles. The van der Waals surface area contributed by atoms with Gasteiger partial charge in [0.15, 0.2) is 0 Å². The Morgan fingerprint density at radius 1 is 1.12 bits per heavy atom. The third kappa shape index (κ3) is 5.88. The quantitative estimate of drug-likeness (QED) is 0.835. The average Bonchev–Trinajstić information content (AvgIpc) is 2.60. The number of carbonyl (C=O) groups is 2. The van der Waals surface area contributed by atoms with Crippen LogP contribution < -0.4 is 15.4 Å². The van der Waals surface area contributed by atoms with E-state index in [2.05, 4.69) is 15.6 Å². The molecule has 1 aromatic carbocycles. The lowest BCUT2D eigenvalue weighted by Crippen LogP contribution is -2.41. The van der Waals surface area contributed by atoms with Gasteiger partial charge in [-0.1, -0.05) is 12.1 Å². The van der Waals surface area contributed by atoms with E-state index in [0.717, 1.165) is 11.3 Å². The molecule has 6 nitrogen and oxygen atoms in total. The maximum Gasteiger partial charge on any atom is 0.270 e. The molecule has 0 aliphatic rings. The highest BCUT2D eigenvalue weighted by Crippen LogP contribution is 2.12. The van der Waals surface area contributed by atoms with Crippen molar-refractivity contribution in [3.63, 3.8) is 0 Å². The number of benzene rings is 1. The van der Waals surface area contributed by atoms with Crippen LogP contribution in [0.5, 0.6) is 5.75 Å². The Morgan fingerprint density at radius 3 is 2.58 bits per heavy atom. The van der Waals surface area contributed by atoms with Crippen LogP contribution in [-0.4, -0.2) is 36.0 Å². The number of hydrogen-bond donors (Lipinski definition) is 2. The summed E-state index contributed by atoms with van der Waals surface area (Å²) in [7, 11) is 1.62. The van der Waals surface area contributed by atoms with E-state index in [1.54, 1.807) is 13.2 Å². The Bertz CT molecular complexity index is 782. The van der Waals surface area contributed by atoms with E-state index in [0.29, 0.717) is 18.5 Å². The Kier molecular flexibility index (Phi) is 6.33. The number of nitrogens with one attached hydrogen (secondary N) is 2. The molecule has 0 unspecified atom stereocenters. The molecule has 0 saturated carbocycles. The lowest BCUT2D eigenvalue weighted by Gasteiger charge is -2.20. The monoisotopic (exact) mass is 355 g/mol. The summed E-state index contributed by atoms with van der Waals surface area (Å²) < 4.78 is 5.19. The molecule has 1 aromatic heterocycles. The lowest BCUT2D eigenvalue weighted by atomic mass is 10.1. The number of methoxy groups -OCH3 is 1. The number of amides is 2. The molecule has 0 atom stereocenters. The van der Waals surface area contributed by atoms with Crippen LogP contribution >= 0.6 is 0 Å². The number of ether oxygens (including phenoxy) is 1.